The molecule has 0 unspecified atom stereocenters. The summed E-state index contributed by atoms with van der Waals surface area (Å²) in [5.41, 5.74) is 0.414. The maximum Gasteiger partial charge on any atom is 0.312 e. The molecule has 0 spiro atoms. The van der Waals surface area contributed by atoms with E-state index in [4.69, 9.17) is 4.74 Å². The Kier molecular flexibility index (Phi) is 4.73. The molecule has 1 N–H and O–H groups in total. The Bertz CT molecular complexity index is 1110. The number of aromatic nitrogens is 4. The first-order valence-corrected chi connectivity index (χ1v) is 8.98. The van der Waals surface area contributed by atoms with Crippen LogP contribution < -0.4 is 9.46 Å². The maximum atomic E-state index is 12.6. The molecule has 3 aromatic rings. The predicted octanol–water partition coefficient (Wildman–Crippen LogP) is 1.59. The predicted molar refractivity (Wildman–Crippen MR) is 94.7 cm³/mol. The molecule has 0 aliphatic heterocycles. The molecule has 140 valence electrons. The van der Waals surface area contributed by atoms with E-state index in [1.807, 2.05) is 0 Å². The Balaban J connectivity index is 1.95. The minimum Gasteiger partial charge on any atom is -0.490 e. The molecule has 0 saturated carbocycles. The number of hydrogen-bond donors (Lipinski definition) is 1. The van der Waals surface area contributed by atoms with Crippen molar-refractivity contribution < 1.29 is 18.1 Å². The normalized spacial score (nSPS) is 11.2. The van der Waals surface area contributed by atoms with Crippen LogP contribution in [0, 0.1) is 10.1 Å². The van der Waals surface area contributed by atoms with Gasteiger partial charge < -0.3 is 4.74 Å². The lowest BCUT2D eigenvalue weighted by atomic mass is 10.2. The number of nitro benzene ring substituents is 1. The van der Waals surface area contributed by atoms with E-state index in [2.05, 4.69) is 20.2 Å². The number of nitro groups is 1. The van der Waals surface area contributed by atoms with Crippen LogP contribution in [0.2, 0.25) is 0 Å². The number of nitrogens with one attached hydrogen (secondary N) is 1. The number of aryl methyl sites for hydroxylation is 1. The van der Waals surface area contributed by atoms with Crippen LogP contribution in [-0.2, 0) is 17.1 Å². The molecule has 0 saturated heterocycles. The number of benzene rings is 2. The van der Waals surface area contributed by atoms with Crippen molar-refractivity contribution in [2.24, 2.45) is 7.05 Å². The molecule has 0 fully saturated rings. The standard InChI is InChI=1S/C15H14N6O5S/c1-20-15(16-18-19-20)10-4-3-5-11(8-10)17-27(24,25)12-6-7-14(26-2)13(9-12)21(22)23/h3-9,17H,1-2H3. The number of hydrogen-bond acceptors (Lipinski definition) is 8. The minimum atomic E-state index is -4.06. The minimum absolute atomic E-state index is 0.0317. The number of sulfonamides is 1. The monoisotopic (exact) mass is 390 g/mol. The van der Waals surface area contributed by atoms with Crippen molar-refractivity contribution >= 4 is 21.4 Å². The first kappa shape index (κ1) is 18.3. The number of rotatable bonds is 6. The van der Waals surface area contributed by atoms with Crippen molar-refractivity contribution in [3.63, 3.8) is 0 Å². The van der Waals surface area contributed by atoms with Gasteiger partial charge in [-0.15, -0.1) is 5.10 Å². The second-order valence-corrected chi connectivity index (χ2v) is 7.09. The Morgan fingerprint density at radius 1 is 1.22 bits per heavy atom. The van der Waals surface area contributed by atoms with E-state index in [1.165, 1.54) is 23.9 Å². The van der Waals surface area contributed by atoms with Gasteiger partial charge >= 0.3 is 5.69 Å². The third-order valence-electron chi connectivity index (χ3n) is 3.65. The highest BCUT2D eigenvalue weighted by Crippen LogP contribution is 2.30. The summed E-state index contributed by atoms with van der Waals surface area (Å²) < 4.78 is 34.0. The van der Waals surface area contributed by atoms with E-state index >= 15 is 0 Å². The summed E-state index contributed by atoms with van der Waals surface area (Å²) in [6, 6.07) is 9.86. The molecule has 0 bridgehead atoms. The second kappa shape index (κ2) is 6.99. The highest BCUT2D eigenvalue weighted by atomic mass is 32.2. The van der Waals surface area contributed by atoms with Crippen molar-refractivity contribution in [3.8, 4) is 17.1 Å². The molecule has 1 heterocycles. The van der Waals surface area contributed by atoms with Gasteiger partial charge in [0.25, 0.3) is 10.0 Å². The zero-order valence-electron chi connectivity index (χ0n) is 14.2. The number of ether oxygens (including phenoxy) is 1. The Labute approximate surface area is 153 Å². The van der Waals surface area contributed by atoms with E-state index in [9.17, 15) is 18.5 Å². The summed E-state index contributed by atoms with van der Waals surface area (Å²) in [5.74, 6) is 0.423. The SMILES string of the molecule is COc1ccc(S(=O)(=O)Nc2cccc(-c3nnnn3C)c2)cc1[N+](=O)[O-]. The summed E-state index contributed by atoms with van der Waals surface area (Å²) in [6.45, 7) is 0. The van der Waals surface area contributed by atoms with Crippen molar-refractivity contribution in [2.75, 3.05) is 11.8 Å². The lowest BCUT2D eigenvalue weighted by Crippen LogP contribution is -2.13. The third-order valence-corrected chi connectivity index (χ3v) is 5.03. The quantitative estimate of drug-likeness (QED) is 0.494. The van der Waals surface area contributed by atoms with Gasteiger partial charge in [-0.3, -0.25) is 14.8 Å². The van der Waals surface area contributed by atoms with Crippen molar-refractivity contribution in [1.82, 2.24) is 20.2 Å². The largest absolute Gasteiger partial charge is 0.490 e. The van der Waals surface area contributed by atoms with E-state index in [0.29, 0.717) is 11.4 Å². The van der Waals surface area contributed by atoms with Gasteiger partial charge in [0.2, 0.25) is 0 Å². The van der Waals surface area contributed by atoms with Crippen LogP contribution in [0.1, 0.15) is 0 Å². The van der Waals surface area contributed by atoms with Gasteiger partial charge in [0.05, 0.1) is 16.9 Å². The van der Waals surface area contributed by atoms with Crippen molar-refractivity contribution in [3.05, 3.63) is 52.6 Å². The van der Waals surface area contributed by atoms with Gasteiger partial charge in [0, 0.05) is 24.4 Å². The molecule has 12 heteroatoms. The van der Waals surface area contributed by atoms with E-state index in [1.54, 1.807) is 31.3 Å². The molecule has 0 radical (unpaired) electrons. The zero-order chi connectivity index (χ0) is 19.6. The Hall–Kier alpha value is -3.54. The van der Waals surface area contributed by atoms with Gasteiger partial charge in [-0.25, -0.2) is 13.1 Å². The summed E-state index contributed by atoms with van der Waals surface area (Å²) in [6.07, 6.45) is 0. The molecule has 1 aromatic heterocycles. The van der Waals surface area contributed by atoms with Gasteiger partial charge in [-0.1, -0.05) is 12.1 Å². The lowest BCUT2D eigenvalue weighted by Gasteiger charge is -2.10. The molecule has 2 aromatic carbocycles. The highest BCUT2D eigenvalue weighted by Gasteiger charge is 2.22. The van der Waals surface area contributed by atoms with E-state index in [-0.39, 0.29) is 16.3 Å². The number of methoxy groups -OCH3 is 1. The molecular weight excluding hydrogens is 376 g/mol. The van der Waals surface area contributed by atoms with Gasteiger partial charge in [-0.05, 0) is 34.7 Å². The molecular formula is C15H14N6O5S. The molecule has 3 rings (SSSR count). The van der Waals surface area contributed by atoms with Crippen LogP contribution in [0.15, 0.2) is 47.4 Å². The van der Waals surface area contributed by atoms with Crippen LogP contribution in [0.4, 0.5) is 11.4 Å². The number of nitrogens with zero attached hydrogens (tertiary/aromatic N) is 5. The molecule has 27 heavy (non-hydrogen) atoms. The van der Waals surface area contributed by atoms with Gasteiger partial charge in [0.1, 0.15) is 0 Å². The van der Waals surface area contributed by atoms with Crippen molar-refractivity contribution in [1.29, 1.82) is 0 Å². The maximum absolute atomic E-state index is 12.6. The number of anilines is 1. The molecule has 0 aliphatic carbocycles. The summed E-state index contributed by atoms with van der Waals surface area (Å²) >= 11 is 0. The van der Waals surface area contributed by atoms with Gasteiger partial charge in [-0.2, -0.15) is 0 Å². The second-order valence-electron chi connectivity index (χ2n) is 5.40. The topological polar surface area (TPSA) is 142 Å². The van der Waals surface area contributed by atoms with E-state index in [0.717, 1.165) is 6.07 Å². The Morgan fingerprint density at radius 3 is 2.63 bits per heavy atom. The highest BCUT2D eigenvalue weighted by molar-refractivity contribution is 7.92. The van der Waals surface area contributed by atoms with E-state index < -0.39 is 20.6 Å². The molecule has 0 aliphatic rings. The average molecular weight is 390 g/mol. The summed E-state index contributed by atoms with van der Waals surface area (Å²) in [4.78, 5) is 10.1. The fourth-order valence-electron chi connectivity index (χ4n) is 2.39. The average Bonchev–Trinajstić information content (AvgIpc) is 3.07. The fourth-order valence-corrected chi connectivity index (χ4v) is 3.46. The smallest absolute Gasteiger partial charge is 0.312 e. The summed E-state index contributed by atoms with van der Waals surface area (Å²) in [7, 11) is -1.14. The first-order chi connectivity index (χ1) is 12.8. The van der Waals surface area contributed by atoms with Crippen molar-refractivity contribution in [2.45, 2.75) is 4.90 Å². The zero-order valence-corrected chi connectivity index (χ0v) is 15.0. The van der Waals surface area contributed by atoms with Gasteiger partial charge in [0.15, 0.2) is 11.6 Å². The summed E-state index contributed by atoms with van der Waals surface area (Å²) in [5, 5.41) is 22.3. The van der Waals surface area contributed by atoms with Crippen LogP contribution >= 0.6 is 0 Å². The third kappa shape index (κ3) is 3.69. The number of tetrazole rings is 1. The van der Waals surface area contributed by atoms with Crippen LogP contribution in [0.25, 0.3) is 11.4 Å². The molecule has 11 nitrogen and oxygen atoms in total. The Morgan fingerprint density at radius 2 is 2.00 bits per heavy atom. The molecule has 0 atom stereocenters. The first-order valence-electron chi connectivity index (χ1n) is 7.50. The van der Waals surface area contributed by atoms with Crippen LogP contribution in [-0.4, -0.2) is 40.7 Å². The van der Waals surface area contributed by atoms with Crippen LogP contribution in [0.3, 0.4) is 0 Å². The fraction of sp³-hybridized carbons (Fsp3) is 0.133. The lowest BCUT2D eigenvalue weighted by molar-refractivity contribution is -0.386. The molecule has 0 amide bonds. The van der Waals surface area contributed by atoms with Crippen LogP contribution in [0.5, 0.6) is 5.75 Å².